The number of rotatable bonds is 6. The molecule has 1 amide bonds. The van der Waals surface area contributed by atoms with Crippen LogP contribution in [-0.4, -0.2) is 46.0 Å². The number of hydrogen-bond donors (Lipinski definition) is 3. The zero-order valence-corrected chi connectivity index (χ0v) is 15.1. The molecule has 0 spiro atoms. The van der Waals surface area contributed by atoms with Crippen molar-refractivity contribution in [2.75, 3.05) is 18.9 Å². The molecule has 2 heterocycles. The van der Waals surface area contributed by atoms with E-state index in [1.807, 2.05) is 0 Å². The fourth-order valence-corrected chi connectivity index (χ4v) is 4.18. The number of carbonyl (C=O) groups excluding carboxylic acids is 1. The molecule has 3 rings (SSSR count). The highest BCUT2D eigenvalue weighted by Gasteiger charge is 2.23. The van der Waals surface area contributed by atoms with Gasteiger partial charge in [0, 0.05) is 13.2 Å². The molecule has 1 aliphatic carbocycles. The molecule has 1 aromatic heterocycles. The number of aromatic amines is 1. The number of ether oxygens (including phenoxy) is 1. The number of amides is 1. The summed E-state index contributed by atoms with van der Waals surface area (Å²) in [5, 5.41) is 13.3. The smallest absolute Gasteiger partial charge is 0.258 e. The summed E-state index contributed by atoms with van der Waals surface area (Å²) in [5.41, 5.74) is 0.105. The third-order valence-electron chi connectivity index (χ3n) is 4.82. The summed E-state index contributed by atoms with van der Waals surface area (Å²) < 4.78 is 5.45. The van der Waals surface area contributed by atoms with Crippen molar-refractivity contribution in [2.24, 2.45) is 0 Å². The fraction of sp³-hybridized carbons (Fsp3) is 0.706. The molecule has 0 unspecified atom stereocenters. The normalized spacial score (nSPS) is 21.4. The summed E-state index contributed by atoms with van der Waals surface area (Å²) in [6.45, 7) is 1.27. The molecule has 1 saturated carbocycles. The fourth-order valence-electron chi connectivity index (χ4n) is 3.50. The molecule has 1 aromatic rings. The highest BCUT2D eigenvalue weighted by molar-refractivity contribution is 7.99. The zero-order valence-electron chi connectivity index (χ0n) is 14.3. The molecule has 7 nitrogen and oxygen atoms in total. The Morgan fingerprint density at radius 3 is 2.76 bits per heavy atom. The van der Waals surface area contributed by atoms with E-state index in [1.54, 1.807) is 0 Å². The second-order valence-electron chi connectivity index (χ2n) is 6.67. The summed E-state index contributed by atoms with van der Waals surface area (Å²) in [6, 6.07) is 0. The molecule has 3 N–H and O–H groups in total. The third-order valence-corrected chi connectivity index (χ3v) is 5.69. The number of aromatic hydroxyl groups is 1. The van der Waals surface area contributed by atoms with Crippen LogP contribution in [0.15, 0.2) is 9.95 Å². The van der Waals surface area contributed by atoms with Crippen molar-refractivity contribution in [3.8, 4) is 5.88 Å². The van der Waals surface area contributed by atoms with Crippen LogP contribution < -0.4 is 10.9 Å². The molecular weight excluding hydrogens is 342 g/mol. The molecule has 0 aromatic carbocycles. The molecule has 138 valence electrons. The Balaban J connectivity index is 1.53. The van der Waals surface area contributed by atoms with Crippen LogP contribution in [0.3, 0.4) is 0 Å². The van der Waals surface area contributed by atoms with E-state index in [1.165, 1.54) is 6.42 Å². The first kappa shape index (κ1) is 18.3. The first-order valence-electron chi connectivity index (χ1n) is 8.98. The summed E-state index contributed by atoms with van der Waals surface area (Å²) in [5.74, 6) is -0.117. The number of nitrogens with zero attached hydrogens (tertiary/aromatic N) is 1. The maximum atomic E-state index is 12.3. The Bertz CT molecular complexity index is 652. The molecule has 25 heavy (non-hydrogen) atoms. The molecular formula is C17H25N3O4S. The van der Waals surface area contributed by atoms with E-state index < -0.39 is 0 Å². The van der Waals surface area contributed by atoms with Gasteiger partial charge in [0.05, 0.1) is 17.4 Å². The predicted molar refractivity (Wildman–Crippen MR) is 95.1 cm³/mol. The number of nitrogens with one attached hydrogen (secondary N) is 2. The Morgan fingerprint density at radius 1 is 1.28 bits per heavy atom. The monoisotopic (exact) mass is 367 g/mol. The molecule has 2 aliphatic rings. The van der Waals surface area contributed by atoms with Crippen molar-refractivity contribution < 1.29 is 14.6 Å². The summed E-state index contributed by atoms with van der Waals surface area (Å²) in [4.78, 5) is 31.0. The van der Waals surface area contributed by atoms with Crippen LogP contribution in [0.25, 0.3) is 0 Å². The van der Waals surface area contributed by atoms with Crippen LogP contribution in [0.5, 0.6) is 5.88 Å². The number of thioether (sulfide) groups is 1. The molecule has 1 atom stereocenters. The van der Waals surface area contributed by atoms with Crippen LogP contribution in [0.2, 0.25) is 0 Å². The van der Waals surface area contributed by atoms with Gasteiger partial charge < -0.3 is 20.1 Å². The van der Waals surface area contributed by atoms with E-state index in [9.17, 15) is 14.7 Å². The lowest BCUT2D eigenvalue weighted by atomic mass is 9.85. The predicted octanol–water partition coefficient (Wildman–Crippen LogP) is 1.91. The first-order valence-corrected chi connectivity index (χ1v) is 9.96. The van der Waals surface area contributed by atoms with Gasteiger partial charge in [-0.25, -0.2) is 0 Å². The number of hydrogen-bond acceptors (Lipinski definition) is 6. The Hall–Kier alpha value is -1.54. The van der Waals surface area contributed by atoms with Crippen molar-refractivity contribution in [2.45, 2.75) is 62.1 Å². The van der Waals surface area contributed by atoms with Crippen molar-refractivity contribution in [1.82, 2.24) is 15.3 Å². The van der Waals surface area contributed by atoms with Gasteiger partial charge in [-0.1, -0.05) is 31.0 Å². The van der Waals surface area contributed by atoms with Crippen LogP contribution in [0.1, 0.15) is 56.4 Å². The Labute approximate surface area is 151 Å². The van der Waals surface area contributed by atoms with Crippen molar-refractivity contribution in [3.05, 3.63) is 15.9 Å². The Kier molecular flexibility index (Phi) is 6.36. The minimum atomic E-state index is -0.290. The minimum Gasteiger partial charge on any atom is -0.493 e. The highest BCUT2D eigenvalue weighted by Crippen LogP contribution is 2.34. The second kappa shape index (κ2) is 8.71. The highest BCUT2D eigenvalue weighted by atomic mass is 32.2. The van der Waals surface area contributed by atoms with Gasteiger partial charge in [0.25, 0.3) is 5.56 Å². The van der Waals surface area contributed by atoms with Crippen LogP contribution in [0, 0.1) is 0 Å². The van der Waals surface area contributed by atoms with Crippen LogP contribution in [-0.2, 0) is 9.53 Å². The standard InChI is InChI=1S/C17H25N3O4S/c21-13(18-9-12-7-4-8-24-12)10-25-17-19-15(22)14(16(23)20-17)11-5-2-1-3-6-11/h11-12H,1-10H2,(H,18,21)(H2,19,20,22,23)/t12-/m1/s1. The van der Waals surface area contributed by atoms with Gasteiger partial charge in [-0.3, -0.25) is 9.59 Å². The van der Waals surface area contributed by atoms with Crippen molar-refractivity contribution in [3.63, 3.8) is 0 Å². The van der Waals surface area contributed by atoms with Crippen LogP contribution >= 0.6 is 11.8 Å². The zero-order chi connectivity index (χ0) is 17.6. The number of carbonyl (C=O) groups is 1. The van der Waals surface area contributed by atoms with Crippen LogP contribution in [0.4, 0.5) is 0 Å². The molecule has 1 aliphatic heterocycles. The van der Waals surface area contributed by atoms with Crippen molar-refractivity contribution >= 4 is 17.7 Å². The van der Waals surface area contributed by atoms with Gasteiger partial charge in [-0.15, -0.1) is 0 Å². The lowest BCUT2D eigenvalue weighted by molar-refractivity contribution is -0.119. The summed E-state index contributed by atoms with van der Waals surface area (Å²) >= 11 is 1.12. The number of aromatic nitrogens is 2. The summed E-state index contributed by atoms with van der Waals surface area (Å²) in [7, 11) is 0. The largest absolute Gasteiger partial charge is 0.493 e. The van der Waals surface area contributed by atoms with Gasteiger partial charge in [0.2, 0.25) is 11.8 Å². The second-order valence-corrected chi connectivity index (χ2v) is 7.64. The molecule has 2 fully saturated rings. The lowest BCUT2D eigenvalue weighted by Crippen LogP contribution is -2.33. The average Bonchev–Trinajstić information content (AvgIpc) is 3.12. The van der Waals surface area contributed by atoms with Crippen molar-refractivity contribution in [1.29, 1.82) is 0 Å². The first-order chi connectivity index (χ1) is 12.1. The molecule has 0 bridgehead atoms. The lowest BCUT2D eigenvalue weighted by Gasteiger charge is -2.21. The van der Waals surface area contributed by atoms with E-state index >= 15 is 0 Å². The van der Waals surface area contributed by atoms with Gasteiger partial charge in [0.1, 0.15) is 0 Å². The van der Waals surface area contributed by atoms with E-state index in [-0.39, 0.29) is 40.3 Å². The maximum absolute atomic E-state index is 12.3. The summed E-state index contributed by atoms with van der Waals surface area (Å²) in [6.07, 6.45) is 7.26. The SMILES string of the molecule is O=C(CSc1nc(O)c(C2CCCCC2)c(=O)[nH]1)NC[C@H]1CCCO1. The number of H-pyrrole nitrogens is 1. The quantitative estimate of drug-likeness (QED) is 0.524. The molecule has 0 radical (unpaired) electrons. The van der Waals surface area contributed by atoms with Gasteiger partial charge in [-0.05, 0) is 31.6 Å². The van der Waals surface area contributed by atoms with E-state index in [4.69, 9.17) is 4.74 Å². The minimum absolute atomic E-state index is 0.0822. The van der Waals surface area contributed by atoms with E-state index in [0.717, 1.165) is 56.9 Å². The molecule has 8 heteroatoms. The van der Waals surface area contributed by atoms with E-state index in [2.05, 4.69) is 15.3 Å². The Morgan fingerprint density at radius 2 is 2.08 bits per heavy atom. The third kappa shape index (κ3) is 4.98. The van der Waals surface area contributed by atoms with Gasteiger partial charge >= 0.3 is 0 Å². The maximum Gasteiger partial charge on any atom is 0.258 e. The average molecular weight is 367 g/mol. The molecule has 1 saturated heterocycles. The van der Waals surface area contributed by atoms with Gasteiger partial charge in [-0.2, -0.15) is 4.98 Å². The van der Waals surface area contributed by atoms with Gasteiger partial charge in [0.15, 0.2) is 5.16 Å². The van der Waals surface area contributed by atoms with E-state index in [0.29, 0.717) is 12.1 Å². The topological polar surface area (TPSA) is 104 Å².